The van der Waals surface area contributed by atoms with Gasteiger partial charge in [0.05, 0.1) is 5.52 Å². The van der Waals surface area contributed by atoms with E-state index in [1.165, 1.54) is 0 Å². The topological polar surface area (TPSA) is 62.3 Å². The third-order valence-corrected chi connectivity index (χ3v) is 5.39. The molecule has 26 heavy (non-hydrogen) atoms. The highest BCUT2D eigenvalue weighted by molar-refractivity contribution is 6.31. The van der Waals surface area contributed by atoms with Crippen LogP contribution >= 0.6 is 11.6 Å². The third-order valence-electron chi connectivity index (χ3n) is 5.16. The van der Waals surface area contributed by atoms with Crippen LogP contribution in [0.25, 0.3) is 10.9 Å². The second-order valence-corrected chi connectivity index (χ2v) is 7.77. The number of nitrogens with zero attached hydrogens (tertiary/aromatic N) is 2. The number of pyridine rings is 1. The van der Waals surface area contributed by atoms with Crippen molar-refractivity contribution < 1.29 is 9.59 Å². The molecule has 1 saturated carbocycles. The van der Waals surface area contributed by atoms with E-state index in [-0.39, 0.29) is 29.7 Å². The summed E-state index contributed by atoms with van der Waals surface area (Å²) in [6.07, 6.45) is 2.40. The number of hydrogen-bond donors (Lipinski definition) is 1. The van der Waals surface area contributed by atoms with Crippen molar-refractivity contribution in [2.75, 3.05) is 14.1 Å². The highest BCUT2D eigenvalue weighted by atomic mass is 35.5. The lowest BCUT2D eigenvalue weighted by atomic mass is 9.78. The molecule has 1 aromatic carbocycles. The number of amides is 2. The Labute approximate surface area is 158 Å². The maximum atomic E-state index is 12.6. The second-order valence-electron chi connectivity index (χ2n) is 7.33. The normalized spacial score (nSPS) is 22.8. The van der Waals surface area contributed by atoms with Crippen LogP contribution in [-0.2, 0) is 4.79 Å². The summed E-state index contributed by atoms with van der Waals surface area (Å²) in [4.78, 5) is 30.9. The Morgan fingerprint density at radius 1 is 1.19 bits per heavy atom. The Kier molecular flexibility index (Phi) is 5.47. The molecule has 1 N–H and O–H groups in total. The van der Waals surface area contributed by atoms with E-state index >= 15 is 0 Å². The number of halogens is 1. The Balaban J connectivity index is 1.67. The molecular weight excluding hydrogens is 350 g/mol. The average Bonchev–Trinajstić information content (AvgIpc) is 2.62. The van der Waals surface area contributed by atoms with Crippen molar-refractivity contribution in [1.82, 2.24) is 15.2 Å². The van der Waals surface area contributed by atoms with Crippen LogP contribution in [0.4, 0.5) is 0 Å². The van der Waals surface area contributed by atoms with Crippen LogP contribution in [-0.4, -0.2) is 41.8 Å². The van der Waals surface area contributed by atoms with Gasteiger partial charge in [-0.15, -0.1) is 0 Å². The largest absolute Gasteiger partial charge is 0.349 e. The Bertz CT molecular complexity index is 837. The first-order chi connectivity index (χ1) is 12.3. The lowest BCUT2D eigenvalue weighted by Gasteiger charge is -2.34. The number of fused-ring (bicyclic) bond motifs is 1. The second kappa shape index (κ2) is 7.62. The molecule has 0 spiro atoms. The minimum absolute atomic E-state index is 0.0525. The van der Waals surface area contributed by atoms with Gasteiger partial charge in [0.1, 0.15) is 5.69 Å². The average molecular weight is 374 g/mol. The van der Waals surface area contributed by atoms with Gasteiger partial charge in [-0.1, -0.05) is 24.6 Å². The molecule has 0 radical (unpaired) electrons. The molecule has 6 heteroatoms. The minimum Gasteiger partial charge on any atom is -0.349 e. The third kappa shape index (κ3) is 3.98. The van der Waals surface area contributed by atoms with Crippen molar-refractivity contribution in [3.8, 4) is 0 Å². The summed E-state index contributed by atoms with van der Waals surface area (Å²) in [5.74, 6) is 0.310. The van der Waals surface area contributed by atoms with E-state index in [0.29, 0.717) is 10.7 Å². The van der Waals surface area contributed by atoms with Crippen molar-refractivity contribution in [1.29, 1.82) is 0 Å². The maximum absolute atomic E-state index is 12.6. The van der Waals surface area contributed by atoms with Crippen molar-refractivity contribution >= 4 is 34.3 Å². The Morgan fingerprint density at radius 3 is 2.65 bits per heavy atom. The van der Waals surface area contributed by atoms with Crippen LogP contribution < -0.4 is 5.32 Å². The lowest BCUT2D eigenvalue weighted by molar-refractivity contribution is -0.134. The summed E-state index contributed by atoms with van der Waals surface area (Å²) in [5.41, 5.74) is 1.15. The van der Waals surface area contributed by atoms with Gasteiger partial charge in [0.15, 0.2) is 0 Å². The molecule has 0 saturated heterocycles. The molecule has 3 atom stereocenters. The van der Waals surface area contributed by atoms with E-state index in [4.69, 9.17) is 11.6 Å². The Morgan fingerprint density at radius 2 is 1.96 bits per heavy atom. The Hall–Kier alpha value is -2.14. The summed E-state index contributed by atoms with van der Waals surface area (Å²) in [7, 11) is 3.58. The fraction of sp³-hybridized carbons (Fsp3) is 0.450. The van der Waals surface area contributed by atoms with Crippen LogP contribution in [0.2, 0.25) is 5.02 Å². The van der Waals surface area contributed by atoms with Gasteiger partial charge >= 0.3 is 0 Å². The van der Waals surface area contributed by atoms with Crippen molar-refractivity contribution in [2.24, 2.45) is 11.8 Å². The SMILES string of the molecule is C[C@@H]1C[C@@H](C(=O)N(C)C)CC[C@@H]1NC(=O)c1ccc2cc(Cl)ccc2n1. The fourth-order valence-electron chi connectivity index (χ4n) is 3.67. The highest BCUT2D eigenvalue weighted by Crippen LogP contribution is 2.30. The number of carbonyl (C=O) groups is 2. The van der Waals surface area contributed by atoms with Gasteiger partial charge in [-0.2, -0.15) is 0 Å². The zero-order valence-corrected chi connectivity index (χ0v) is 16.1. The molecule has 0 bridgehead atoms. The first kappa shape index (κ1) is 18.6. The molecule has 0 unspecified atom stereocenters. The van der Waals surface area contributed by atoms with Gasteiger partial charge in [-0.05, 0) is 49.4 Å². The molecule has 1 heterocycles. The predicted octanol–water partition coefficient (Wildman–Crippen LogP) is 3.51. The molecule has 1 aromatic heterocycles. The van der Waals surface area contributed by atoms with Gasteiger partial charge in [-0.25, -0.2) is 4.98 Å². The molecule has 2 aromatic rings. The molecule has 1 aliphatic rings. The first-order valence-electron chi connectivity index (χ1n) is 8.93. The molecular formula is C20H24ClN3O2. The molecule has 138 valence electrons. The van der Waals surface area contributed by atoms with E-state index in [2.05, 4.69) is 17.2 Å². The fourth-order valence-corrected chi connectivity index (χ4v) is 3.85. The summed E-state index contributed by atoms with van der Waals surface area (Å²) >= 11 is 5.99. The standard InChI is InChI=1S/C20H24ClN3O2/c1-12-10-14(20(26)24(2)3)5-7-16(12)23-19(25)18-8-4-13-11-15(21)6-9-17(13)22-18/h4,6,8-9,11-12,14,16H,5,7,10H2,1-3H3,(H,23,25)/t12-,14+,16+/m1/s1. The van der Waals surface area contributed by atoms with Gasteiger partial charge in [0.25, 0.3) is 5.91 Å². The van der Waals surface area contributed by atoms with Crippen LogP contribution in [0.15, 0.2) is 30.3 Å². The molecule has 3 rings (SSSR count). The molecule has 1 aliphatic carbocycles. The molecule has 5 nitrogen and oxygen atoms in total. The van der Waals surface area contributed by atoms with Gasteiger partial charge in [0, 0.05) is 36.5 Å². The zero-order valence-electron chi connectivity index (χ0n) is 15.3. The van der Waals surface area contributed by atoms with E-state index in [1.54, 1.807) is 31.1 Å². The van der Waals surface area contributed by atoms with Crippen molar-refractivity contribution in [2.45, 2.75) is 32.2 Å². The smallest absolute Gasteiger partial charge is 0.270 e. The molecule has 2 amide bonds. The van der Waals surface area contributed by atoms with E-state index in [0.717, 1.165) is 30.2 Å². The van der Waals surface area contributed by atoms with Gasteiger partial charge in [0.2, 0.25) is 5.91 Å². The van der Waals surface area contributed by atoms with Crippen molar-refractivity contribution in [3.63, 3.8) is 0 Å². The van der Waals surface area contributed by atoms with Crippen molar-refractivity contribution in [3.05, 3.63) is 41.0 Å². The number of rotatable bonds is 3. The van der Waals surface area contributed by atoms with Gasteiger partial charge < -0.3 is 10.2 Å². The molecule has 1 fully saturated rings. The highest BCUT2D eigenvalue weighted by Gasteiger charge is 2.33. The number of nitrogens with one attached hydrogen (secondary N) is 1. The first-order valence-corrected chi connectivity index (χ1v) is 9.31. The summed E-state index contributed by atoms with van der Waals surface area (Å²) in [6.45, 7) is 2.09. The number of hydrogen-bond acceptors (Lipinski definition) is 3. The van der Waals surface area contributed by atoms with Crippen LogP contribution in [0.1, 0.15) is 36.7 Å². The number of carbonyl (C=O) groups excluding carboxylic acids is 2. The van der Waals surface area contributed by atoms with Crippen LogP contribution in [0.3, 0.4) is 0 Å². The van der Waals surface area contributed by atoms with Gasteiger partial charge in [-0.3, -0.25) is 9.59 Å². The van der Waals surface area contributed by atoms with E-state index in [1.807, 2.05) is 18.2 Å². The summed E-state index contributed by atoms with van der Waals surface area (Å²) < 4.78 is 0. The summed E-state index contributed by atoms with van der Waals surface area (Å²) in [5, 5.41) is 4.65. The number of aromatic nitrogens is 1. The quantitative estimate of drug-likeness (QED) is 0.895. The van der Waals surface area contributed by atoms with Crippen LogP contribution in [0.5, 0.6) is 0 Å². The van der Waals surface area contributed by atoms with E-state index in [9.17, 15) is 9.59 Å². The maximum Gasteiger partial charge on any atom is 0.270 e. The number of benzene rings is 1. The minimum atomic E-state index is -0.170. The van der Waals surface area contributed by atoms with Crippen LogP contribution in [0, 0.1) is 11.8 Å². The van der Waals surface area contributed by atoms with E-state index < -0.39 is 0 Å². The zero-order chi connectivity index (χ0) is 18.8. The monoisotopic (exact) mass is 373 g/mol. The molecule has 0 aliphatic heterocycles. The summed E-state index contributed by atoms with van der Waals surface area (Å²) in [6, 6.07) is 9.06. The predicted molar refractivity (Wildman–Crippen MR) is 103 cm³/mol. The lowest BCUT2D eigenvalue weighted by Crippen LogP contribution is -2.45.